The molecule has 37 heavy (non-hydrogen) atoms. The second-order valence-corrected chi connectivity index (χ2v) is 11.1. The number of urea groups is 1. The molecule has 1 fully saturated rings. The standard InChI is InChI=1S/C27H33N3O6S/c1-19(2)24(25(31)20(3)37(34,35)22-12-8-5-9-13-22)29-26(32)23(18-21-10-6-4-7-11-21)28-27(33)30-14-16-36-17-15-30/h4-13,19,23-24H,3,14-18H2,1-2H3,(H,28,33)(H,29,32). The van der Waals surface area contributed by atoms with Crippen LogP contribution in [0, 0.1) is 5.92 Å². The first kappa shape index (κ1) is 28.1. The molecule has 3 amide bonds. The van der Waals surface area contributed by atoms with Gasteiger partial charge in [0, 0.05) is 19.5 Å². The summed E-state index contributed by atoms with van der Waals surface area (Å²) < 4.78 is 31.2. The minimum Gasteiger partial charge on any atom is -0.378 e. The van der Waals surface area contributed by atoms with E-state index in [2.05, 4.69) is 17.2 Å². The number of carbonyl (C=O) groups excluding carboxylic acids is 3. The molecule has 2 aromatic rings. The molecule has 0 radical (unpaired) electrons. The molecule has 1 aliphatic heterocycles. The van der Waals surface area contributed by atoms with Gasteiger partial charge in [-0.15, -0.1) is 0 Å². The number of benzene rings is 2. The third kappa shape index (κ3) is 7.27. The zero-order valence-corrected chi connectivity index (χ0v) is 21.9. The van der Waals surface area contributed by atoms with Crippen molar-refractivity contribution < 1.29 is 27.5 Å². The summed E-state index contributed by atoms with van der Waals surface area (Å²) in [6.45, 7) is 8.57. The number of hydrogen-bond acceptors (Lipinski definition) is 6. The maximum Gasteiger partial charge on any atom is 0.318 e. The van der Waals surface area contributed by atoms with Gasteiger partial charge in [-0.1, -0.05) is 69.0 Å². The van der Waals surface area contributed by atoms with E-state index in [1.165, 1.54) is 12.1 Å². The Hall–Kier alpha value is -3.50. The van der Waals surface area contributed by atoms with Crippen LogP contribution in [-0.2, 0) is 30.6 Å². The van der Waals surface area contributed by atoms with Gasteiger partial charge in [-0.25, -0.2) is 13.2 Å². The van der Waals surface area contributed by atoms with Crippen LogP contribution in [0.15, 0.2) is 77.0 Å². The Balaban J connectivity index is 1.80. The summed E-state index contributed by atoms with van der Waals surface area (Å²) in [7, 11) is -4.14. The lowest BCUT2D eigenvalue weighted by Crippen LogP contribution is -2.57. The molecule has 3 rings (SSSR count). The van der Waals surface area contributed by atoms with E-state index in [1.54, 1.807) is 36.9 Å². The lowest BCUT2D eigenvalue weighted by atomic mass is 9.98. The quantitative estimate of drug-likeness (QED) is 0.458. The van der Waals surface area contributed by atoms with E-state index in [0.29, 0.717) is 26.3 Å². The van der Waals surface area contributed by atoms with Crippen LogP contribution in [0.3, 0.4) is 0 Å². The molecule has 0 saturated carbocycles. The van der Waals surface area contributed by atoms with Crippen LogP contribution in [-0.4, -0.2) is 69.4 Å². The SMILES string of the molecule is C=C(C(=O)C(NC(=O)C(Cc1ccccc1)NC(=O)N1CCOCC1)C(C)C)S(=O)(=O)c1ccccc1. The molecule has 9 nitrogen and oxygen atoms in total. The van der Waals surface area contributed by atoms with Gasteiger partial charge in [0.15, 0.2) is 5.78 Å². The van der Waals surface area contributed by atoms with Crippen molar-refractivity contribution >= 4 is 27.6 Å². The average Bonchev–Trinajstić information content (AvgIpc) is 2.91. The van der Waals surface area contributed by atoms with Crippen molar-refractivity contribution in [1.29, 1.82) is 0 Å². The molecule has 2 aromatic carbocycles. The third-order valence-electron chi connectivity index (χ3n) is 6.09. The molecule has 198 valence electrons. The van der Waals surface area contributed by atoms with E-state index in [0.717, 1.165) is 5.56 Å². The highest BCUT2D eigenvalue weighted by molar-refractivity contribution is 7.96. The molecule has 0 aromatic heterocycles. The minimum atomic E-state index is -4.14. The first-order chi connectivity index (χ1) is 17.6. The molecular formula is C27H33N3O6S. The van der Waals surface area contributed by atoms with Gasteiger partial charge >= 0.3 is 6.03 Å². The summed E-state index contributed by atoms with van der Waals surface area (Å²) in [5, 5.41) is 5.45. The molecule has 1 heterocycles. The summed E-state index contributed by atoms with van der Waals surface area (Å²) >= 11 is 0. The fourth-order valence-electron chi connectivity index (χ4n) is 3.90. The van der Waals surface area contributed by atoms with Gasteiger partial charge in [-0.05, 0) is 23.6 Å². The van der Waals surface area contributed by atoms with E-state index >= 15 is 0 Å². The van der Waals surface area contributed by atoms with E-state index in [4.69, 9.17) is 4.74 Å². The molecule has 1 saturated heterocycles. The van der Waals surface area contributed by atoms with Crippen LogP contribution >= 0.6 is 0 Å². The number of ether oxygens (including phenoxy) is 1. The molecule has 2 atom stereocenters. The predicted octanol–water partition coefficient (Wildman–Crippen LogP) is 2.34. The number of carbonyl (C=O) groups is 3. The van der Waals surface area contributed by atoms with Crippen molar-refractivity contribution in [2.75, 3.05) is 26.3 Å². The minimum absolute atomic E-state index is 0.0538. The highest BCUT2D eigenvalue weighted by atomic mass is 32.2. The van der Waals surface area contributed by atoms with Gasteiger partial charge < -0.3 is 20.3 Å². The molecule has 0 spiro atoms. The molecule has 2 unspecified atom stereocenters. The van der Waals surface area contributed by atoms with E-state index in [-0.39, 0.29) is 11.3 Å². The Morgan fingerprint density at radius 3 is 2.08 bits per heavy atom. The van der Waals surface area contributed by atoms with Crippen LogP contribution in [0.25, 0.3) is 0 Å². The Labute approximate surface area is 217 Å². The Morgan fingerprint density at radius 2 is 1.51 bits per heavy atom. The average molecular weight is 528 g/mol. The van der Waals surface area contributed by atoms with Gasteiger partial charge in [0.25, 0.3) is 0 Å². The molecule has 2 N–H and O–H groups in total. The van der Waals surface area contributed by atoms with Gasteiger partial charge in [0.05, 0.1) is 24.2 Å². The summed E-state index contributed by atoms with van der Waals surface area (Å²) in [5.74, 6) is -1.83. The molecule has 1 aliphatic rings. The number of morpholine rings is 1. The van der Waals surface area contributed by atoms with Gasteiger partial charge in [-0.2, -0.15) is 0 Å². The number of nitrogens with one attached hydrogen (secondary N) is 2. The van der Waals surface area contributed by atoms with E-state index in [9.17, 15) is 22.8 Å². The number of sulfone groups is 1. The van der Waals surface area contributed by atoms with Gasteiger partial charge in [0.2, 0.25) is 15.7 Å². The van der Waals surface area contributed by atoms with Gasteiger partial charge in [0.1, 0.15) is 10.9 Å². The van der Waals surface area contributed by atoms with Crippen LogP contribution in [0.1, 0.15) is 19.4 Å². The molecule has 10 heteroatoms. The summed E-state index contributed by atoms with van der Waals surface area (Å²) in [6, 6.07) is 14.1. The zero-order chi connectivity index (χ0) is 27.0. The molecule has 0 bridgehead atoms. The second-order valence-electron chi connectivity index (χ2n) is 9.13. The summed E-state index contributed by atoms with van der Waals surface area (Å²) in [4.78, 5) is 40.5. The first-order valence-electron chi connectivity index (χ1n) is 12.1. The largest absolute Gasteiger partial charge is 0.378 e. The van der Waals surface area contributed by atoms with Crippen LogP contribution < -0.4 is 10.6 Å². The summed E-state index contributed by atoms with van der Waals surface area (Å²) in [6.07, 6.45) is 0.186. The van der Waals surface area contributed by atoms with E-state index < -0.39 is 50.5 Å². The number of Topliss-reactive ketones (excluding diaryl/α,β-unsaturated/α-hetero) is 1. The van der Waals surface area contributed by atoms with Crippen LogP contribution in [0.5, 0.6) is 0 Å². The Kier molecular flexibility index (Phi) is 9.60. The Bertz CT molecular complexity index is 1210. The Morgan fingerprint density at radius 1 is 0.946 bits per heavy atom. The van der Waals surface area contributed by atoms with Crippen molar-refractivity contribution in [3.05, 3.63) is 77.7 Å². The highest BCUT2D eigenvalue weighted by Gasteiger charge is 2.35. The fourth-order valence-corrected chi connectivity index (χ4v) is 5.09. The maximum absolute atomic E-state index is 13.4. The molecule has 0 aliphatic carbocycles. The second kappa shape index (κ2) is 12.6. The van der Waals surface area contributed by atoms with Crippen molar-refractivity contribution in [2.45, 2.75) is 37.2 Å². The van der Waals surface area contributed by atoms with E-state index in [1.807, 2.05) is 30.3 Å². The fraction of sp³-hybridized carbons (Fsp3) is 0.370. The lowest BCUT2D eigenvalue weighted by molar-refractivity contribution is -0.128. The number of nitrogens with zero attached hydrogens (tertiary/aromatic N) is 1. The van der Waals surface area contributed by atoms with Crippen molar-refractivity contribution in [2.24, 2.45) is 5.92 Å². The van der Waals surface area contributed by atoms with Crippen LogP contribution in [0.4, 0.5) is 4.79 Å². The normalized spacial score (nSPS) is 15.5. The third-order valence-corrected chi connectivity index (χ3v) is 7.84. The van der Waals surface area contributed by atoms with Crippen LogP contribution in [0.2, 0.25) is 0 Å². The van der Waals surface area contributed by atoms with Crippen molar-refractivity contribution in [3.8, 4) is 0 Å². The van der Waals surface area contributed by atoms with Crippen molar-refractivity contribution in [1.82, 2.24) is 15.5 Å². The predicted molar refractivity (Wildman–Crippen MR) is 139 cm³/mol. The topological polar surface area (TPSA) is 122 Å². The molecular weight excluding hydrogens is 494 g/mol. The number of rotatable bonds is 10. The zero-order valence-electron chi connectivity index (χ0n) is 21.1. The lowest BCUT2D eigenvalue weighted by Gasteiger charge is -2.30. The van der Waals surface area contributed by atoms with Crippen molar-refractivity contribution in [3.63, 3.8) is 0 Å². The monoisotopic (exact) mass is 527 g/mol. The smallest absolute Gasteiger partial charge is 0.318 e. The number of ketones is 1. The first-order valence-corrected chi connectivity index (χ1v) is 13.6. The maximum atomic E-state index is 13.4. The number of amides is 3. The summed E-state index contributed by atoms with van der Waals surface area (Å²) in [5.41, 5.74) is 0.813. The highest BCUT2D eigenvalue weighted by Crippen LogP contribution is 2.21. The van der Waals surface area contributed by atoms with Gasteiger partial charge in [-0.3, -0.25) is 9.59 Å². The number of hydrogen-bond donors (Lipinski definition) is 2.